The molecule has 1 N–H and O–H groups in total. The Morgan fingerprint density at radius 3 is 2.20 bits per heavy atom. The summed E-state index contributed by atoms with van der Waals surface area (Å²) in [6, 6.07) is 17.8. The highest BCUT2D eigenvalue weighted by molar-refractivity contribution is 5.86. The number of carbonyl (C=O) groups is 1. The van der Waals surface area contributed by atoms with Crippen molar-refractivity contribution in [2.45, 2.75) is 6.42 Å². The molecule has 0 aliphatic rings. The molecule has 0 amide bonds. The maximum absolute atomic E-state index is 10.6. The molecule has 0 fully saturated rings. The highest BCUT2D eigenvalue weighted by Crippen LogP contribution is 2.15. The number of benzene rings is 2. The molecule has 102 valence electrons. The zero-order chi connectivity index (χ0) is 14.4. The number of carboxylic acids is 1. The van der Waals surface area contributed by atoms with Gasteiger partial charge in [0.1, 0.15) is 12.4 Å². The van der Waals surface area contributed by atoms with Crippen LogP contribution in [-0.4, -0.2) is 17.7 Å². The molecule has 0 aliphatic carbocycles. The van der Waals surface area contributed by atoms with Crippen molar-refractivity contribution in [2.24, 2.45) is 0 Å². The number of ether oxygens (including phenoxy) is 1. The number of rotatable bonds is 6. The Morgan fingerprint density at radius 1 is 1.00 bits per heavy atom. The molecule has 2 aromatic rings. The van der Waals surface area contributed by atoms with Crippen molar-refractivity contribution < 1.29 is 14.6 Å². The first-order chi connectivity index (χ1) is 9.65. The molecule has 3 nitrogen and oxygen atoms in total. The fraction of sp³-hybridized carbons (Fsp3) is 0.118. The van der Waals surface area contributed by atoms with E-state index in [2.05, 4.69) is 18.7 Å². The Morgan fingerprint density at radius 2 is 1.60 bits per heavy atom. The molecule has 2 rings (SSSR count). The van der Waals surface area contributed by atoms with Crippen LogP contribution in [0.5, 0.6) is 5.75 Å². The van der Waals surface area contributed by atoms with Gasteiger partial charge in [0, 0.05) is 0 Å². The minimum absolute atomic E-state index is 0.00658. The largest absolute Gasteiger partial charge is 0.489 e. The smallest absolute Gasteiger partial charge is 0.334 e. The van der Waals surface area contributed by atoms with Gasteiger partial charge in [-0.05, 0) is 29.7 Å². The van der Waals surface area contributed by atoms with Crippen LogP contribution in [0.3, 0.4) is 0 Å². The zero-order valence-corrected chi connectivity index (χ0v) is 11.1. The van der Waals surface area contributed by atoms with Gasteiger partial charge in [-0.3, -0.25) is 0 Å². The summed E-state index contributed by atoms with van der Waals surface area (Å²) in [7, 11) is 0. The molecule has 0 spiro atoms. The third-order valence-corrected chi connectivity index (χ3v) is 2.89. The standard InChI is InChI=1S/C17H16O3/c1-13(17(18)19)12-20-16-9-7-15(8-10-16)11-14-5-3-2-4-6-14/h2-10H,1,11-12H2,(H,18,19). The normalized spacial score (nSPS) is 10.0. The summed E-state index contributed by atoms with van der Waals surface area (Å²) in [5, 5.41) is 8.69. The van der Waals surface area contributed by atoms with Crippen molar-refractivity contribution in [3.8, 4) is 5.75 Å². The summed E-state index contributed by atoms with van der Waals surface area (Å²) in [6.07, 6.45) is 0.864. The minimum atomic E-state index is -1.04. The second-order valence-corrected chi connectivity index (χ2v) is 4.50. The maximum Gasteiger partial charge on any atom is 0.334 e. The summed E-state index contributed by atoms with van der Waals surface area (Å²) in [6.45, 7) is 3.41. The van der Waals surface area contributed by atoms with E-state index in [0.717, 1.165) is 6.42 Å². The van der Waals surface area contributed by atoms with Crippen LogP contribution < -0.4 is 4.74 Å². The molecule has 0 aliphatic heterocycles. The van der Waals surface area contributed by atoms with Crippen molar-refractivity contribution in [3.63, 3.8) is 0 Å². The minimum Gasteiger partial charge on any atom is -0.489 e. The highest BCUT2D eigenvalue weighted by atomic mass is 16.5. The fourth-order valence-corrected chi connectivity index (χ4v) is 1.77. The average Bonchev–Trinajstić information content (AvgIpc) is 2.47. The predicted octanol–water partition coefficient (Wildman–Crippen LogP) is 3.30. The summed E-state index contributed by atoms with van der Waals surface area (Å²) in [5.74, 6) is -0.394. The molecule has 0 radical (unpaired) electrons. The number of carboxylic acid groups (broad SMARTS) is 1. The molecule has 0 bridgehead atoms. The second-order valence-electron chi connectivity index (χ2n) is 4.50. The monoisotopic (exact) mass is 268 g/mol. The Bertz CT molecular complexity index is 585. The van der Waals surface area contributed by atoms with Crippen LogP contribution >= 0.6 is 0 Å². The maximum atomic E-state index is 10.6. The third kappa shape index (κ3) is 3.99. The lowest BCUT2D eigenvalue weighted by molar-refractivity contribution is -0.133. The Hall–Kier alpha value is -2.55. The topological polar surface area (TPSA) is 46.5 Å². The Balaban J connectivity index is 1.93. The van der Waals surface area contributed by atoms with Gasteiger partial charge in [0.05, 0.1) is 5.57 Å². The van der Waals surface area contributed by atoms with Crippen LogP contribution in [0, 0.1) is 0 Å². The van der Waals surface area contributed by atoms with Crippen LogP contribution in [0.2, 0.25) is 0 Å². The van der Waals surface area contributed by atoms with Gasteiger partial charge in [0.25, 0.3) is 0 Å². The SMILES string of the molecule is C=C(COc1ccc(Cc2ccccc2)cc1)C(=O)O. The van der Waals surface area contributed by atoms with Crippen molar-refractivity contribution in [2.75, 3.05) is 6.61 Å². The van der Waals surface area contributed by atoms with E-state index in [1.165, 1.54) is 11.1 Å². The van der Waals surface area contributed by atoms with Gasteiger partial charge in [-0.1, -0.05) is 49.0 Å². The van der Waals surface area contributed by atoms with E-state index in [0.29, 0.717) is 5.75 Å². The summed E-state index contributed by atoms with van der Waals surface area (Å²) < 4.78 is 5.35. The van der Waals surface area contributed by atoms with Crippen LogP contribution in [0.1, 0.15) is 11.1 Å². The Kier molecular flexibility index (Phi) is 4.56. The van der Waals surface area contributed by atoms with E-state index in [4.69, 9.17) is 9.84 Å². The quantitative estimate of drug-likeness (QED) is 0.818. The number of hydrogen-bond donors (Lipinski definition) is 1. The molecule has 0 unspecified atom stereocenters. The lowest BCUT2D eigenvalue weighted by Gasteiger charge is -2.07. The molecule has 0 saturated heterocycles. The van der Waals surface area contributed by atoms with Crippen LogP contribution in [0.25, 0.3) is 0 Å². The van der Waals surface area contributed by atoms with E-state index in [1.807, 2.05) is 42.5 Å². The molecule has 0 atom stereocenters. The first-order valence-electron chi connectivity index (χ1n) is 6.32. The van der Waals surface area contributed by atoms with Crippen LogP contribution in [0.4, 0.5) is 0 Å². The zero-order valence-electron chi connectivity index (χ0n) is 11.1. The average molecular weight is 268 g/mol. The van der Waals surface area contributed by atoms with Crippen LogP contribution in [-0.2, 0) is 11.2 Å². The molecule has 0 saturated carbocycles. The van der Waals surface area contributed by atoms with Crippen molar-refractivity contribution in [3.05, 3.63) is 77.9 Å². The van der Waals surface area contributed by atoms with Crippen molar-refractivity contribution >= 4 is 5.97 Å². The molecule has 0 heterocycles. The number of hydrogen-bond acceptors (Lipinski definition) is 2. The molecule has 3 heteroatoms. The van der Waals surface area contributed by atoms with Gasteiger partial charge in [-0.25, -0.2) is 4.79 Å². The predicted molar refractivity (Wildman–Crippen MR) is 78.0 cm³/mol. The number of aliphatic carboxylic acids is 1. The van der Waals surface area contributed by atoms with Gasteiger partial charge in [0.2, 0.25) is 0 Å². The summed E-state index contributed by atoms with van der Waals surface area (Å²) in [4.78, 5) is 10.6. The fourth-order valence-electron chi connectivity index (χ4n) is 1.77. The first kappa shape index (κ1) is 13.9. The van der Waals surface area contributed by atoms with Gasteiger partial charge >= 0.3 is 5.97 Å². The van der Waals surface area contributed by atoms with Gasteiger partial charge in [-0.15, -0.1) is 0 Å². The molecule has 20 heavy (non-hydrogen) atoms. The summed E-state index contributed by atoms with van der Waals surface area (Å²) in [5.41, 5.74) is 2.47. The van der Waals surface area contributed by atoms with Crippen molar-refractivity contribution in [1.29, 1.82) is 0 Å². The third-order valence-electron chi connectivity index (χ3n) is 2.89. The van der Waals surface area contributed by atoms with E-state index >= 15 is 0 Å². The lowest BCUT2D eigenvalue weighted by atomic mass is 10.1. The van der Waals surface area contributed by atoms with E-state index in [1.54, 1.807) is 0 Å². The molecule has 2 aromatic carbocycles. The molecular formula is C17H16O3. The van der Waals surface area contributed by atoms with E-state index in [9.17, 15) is 4.79 Å². The lowest BCUT2D eigenvalue weighted by Crippen LogP contribution is -2.08. The first-order valence-corrected chi connectivity index (χ1v) is 6.32. The van der Waals surface area contributed by atoms with E-state index < -0.39 is 5.97 Å². The van der Waals surface area contributed by atoms with Gasteiger partial charge in [-0.2, -0.15) is 0 Å². The van der Waals surface area contributed by atoms with Crippen LogP contribution in [0.15, 0.2) is 66.7 Å². The molecular weight excluding hydrogens is 252 g/mol. The van der Waals surface area contributed by atoms with Gasteiger partial charge in [0.15, 0.2) is 0 Å². The second kappa shape index (κ2) is 6.57. The van der Waals surface area contributed by atoms with E-state index in [-0.39, 0.29) is 12.2 Å². The van der Waals surface area contributed by atoms with Crippen molar-refractivity contribution in [1.82, 2.24) is 0 Å². The highest BCUT2D eigenvalue weighted by Gasteiger charge is 2.04. The van der Waals surface area contributed by atoms with Gasteiger partial charge < -0.3 is 9.84 Å². The summed E-state index contributed by atoms with van der Waals surface area (Å²) >= 11 is 0. The Labute approximate surface area is 118 Å². The molecule has 0 aromatic heterocycles.